The van der Waals surface area contributed by atoms with E-state index < -0.39 is 0 Å². The van der Waals surface area contributed by atoms with Crippen molar-refractivity contribution in [3.05, 3.63) is 70.5 Å². The van der Waals surface area contributed by atoms with Crippen molar-refractivity contribution in [1.82, 2.24) is 10.2 Å². The largest absolute Gasteiger partial charge is 0.350 e. The van der Waals surface area contributed by atoms with Gasteiger partial charge in [0.05, 0.1) is 17.2 Å². The topological polar surface area (TPSA) is 66.5 Å². The molecule has 0 aromatic heterocycles. The second-order valence-corrected chi connectivity index (χ2v) is 6.40. The van der Waals surface area contributed by atoms with Crippen LogP contribution in [0.1, 0.15) is 51.2 Å². The van der Waals surface area contributed by atoms with Gasteiger partial charge in [-0.1, -0.05) is 23.8 Å². The van der Waals surface area contributed by atoms with E-state index in [1.165, 1.54) is 12.1 Å². The van der Waals surface area contributed by atoms with Gasteiger partial charge in [-0.2, -0.15) is 0 Å². The van der Waals surface area contributed by atoms with E-state index in [1.54, 1.807) is 37.3 Å². The fourth-order valence-electron chi connectivity index (χ4n) is 2.97. The molecule has 134 valence electrons. The smallest absolute Gasteiger partial charge is 0.261 e. The third-order valence-electron chi connectivity index (χ3n) is 4.44. The Hall–Kier alpha value is -3.02. The first-order valence-electron chi connectivity index (χ1n) is 8.38. The molecule has 3 rings (SSSR count). The number of carbonyl (C=O) groups excluding carboxylic acids is 3. The van der Waals surface area contributed by atoms with E-state index in [9.17, 15) is 18.8 Å². The van der Waals surface area contributed by atoms with Gasteiger partial charge < -0.3 is 5.32 Å². The summed E-state index contributed by atoms with van der Waals surface area (Å²) in [6.07, 6.45) is 0.00991. The predicted molar refractivity (Wildman–Crippen MR) is 94.1 cm³/mol. The molecule has 0 bridgehead atoms. The molecule has 5 nitrogen and oxygen atoms in total. The highest BCUT2D eigenvalue weighted by atomic mass is 19.1. The lowest BCUT2D eigenvalue weighted by atomic mass is 10.1. The van der Waals surface area contributed by atoms with Gasteiger partial charge in [0, 0.05) is 13.0 Å². The minimum absolute atomic E-state index is 0.00991. The van der Waals surface area contributed by atoms with Crippen LogP contribution in [0, 0.1) is 12.7 Å². The Balaban J connectivity index is 1.59. The maximum absolute atomic E-state index is 13.0. The van der Waals surface area contributed by atoms with E-state index in [4.69, 9.17) is 0 Å². The Labute approximate surface area is 150 Å². The standard InChI is InChI=1S/C20H19FN2O3/c1-12-3-8-16-17(11-12)20(26)23(19(16)25)10-9-18(24)22-13(2)14-4-6-15(21)7-5-14/h3-8,11,13H,9-10H2,1-2H3,(H,22,24). The molecular formula is C20H19FN2O3. The number of carbonyl (C=O) groups is 3. The van der Waals surface area contributed by atoms with Crippen molar-refractivity contribution in [2.24, 2.45) is 0 Å². The summed E-state index contributed by atoms with van der Waals surface area (Å²) in [6, 6.07) is 10.7. The van der Waals surface area contributed by atoms with Crippen molar-refractivity contribution in [3.63, 3.8) is 0 Å². The Morgan fingerprint density at radius 3 is 2.42 bits per heavy atom. The number of halogens is 1. The van der Waals surface area contributed by atoms with Gasteiger partial charge in [0.25, 0.3) is 11.8 Å². The van der Waals surface area contributed by atoms with Crippen molar-refractivity contribution in [2.75, 3.05) is 6.54 Å². The molecule has 0 aliphatic carbocycles. The van der Waals surface area contributed by atoms with Crippen LogP contribution in [0.4, 0.5) is 4.39 Å². The fraction of sp³-hybridized carbons (Fsp3) is 0.250. The predicted octanol–water partition coefficient (Wildman–Crippen LogP) is 3.00. The summed E-state index contributed by atoms with van der Waals surface area (Å²) >= 11 is 0. The molecule has 6 heteroatoms. The number of benzene rings is 2. The minimum atomic E-state index is -0.371. The molecule has 0 saturated heterocycles. The van der Waals surface area contributed by atoms with Crippen LogP contribution in [0.2, 0.25) is 0 Å². The van der Waals surface area contributed by atoms with Crippen LogP contribution in [0.3, 0.4) is 0 Å². The highest BCUT2D eigenvalue weighted by Crippen LogP contribution is 2.24. The van der Waals surface area contributed by atoms with Gasteiger partial charge in [-0.25, -0.2) is 4.39 Å². The van der Waals surface area contributed by atoms with Crippen LogP contribution in [0.15, 0.2) is 42.5 Å². The number of aryl methyl sites for hydroxylation is 1. The number of hydrogen-bond donors (Lipinski definition) is 1. The summed E-state index contributed by atoms with van der Waals surface area (Å²) in [5.41, 5.74) is 2.43. The summed E-state index contributed by atoms with van der Waals surface area (Å²) < 4.78 is 13.0. The molecule has 2 aromatic rings. The highest BCUT2D eigenvalue weighted by Gasteiger charge is 2.35. The zero-order valence-corrected chi connectivity index (χ0v) is 14.6. The molecule has 26 heavy (non-hydrogen) atoms. The van der Waals surface area contributed by atoms with Crippen molar-refractivity contribution < 1.29 is 18.8 Å². The van der Waals surface area contributed by atoms with Gasteiger partial charge in [-0.3, -0.25) is 19.3 Å². The number of fused-ring (bicyclic) bond motifs is 1. The first-order chi connectivity index (χ1) is 12.4. The first kappa shape index (κ1) is 17.8. The fourth-order valence-corrected chi connectivity index (χ4v) is 2.97. The second kappa shape index (κ2) is 7.07. The summed E-state index contributed by atoms with van der Waals surface area (Å²) in [5, 5.41) is 2.79. The molecule has 1 atom stereocenters. The van der Waals surface area contributed by atoms with Crippen LogP contribution in [0.25, 0.3) is 0 Å². The van der Waals surface area contributed by atoms with E-state index in [0.29, 0.717) is 11.1 Å². The van der Waals surface area contributed by atoms with Gasteiger partial charge in [0.2, 0.25) is 5.91 Å². The number of nitrogens with one attached hydrogen (secondary N) is 1. The zero-order chi connectivity index (χ0) is 18.8. The number of hydrogen-bond acceptors (Lipinski definition) is 3. The summed E-state index contributed by atoms with van der Waals surface area (Å²) in [4.78, 5) is 38.0. The second-order valence-electron chi connectivity index (χ2n) is 6.40. The Kier molecular flexibility index (Phi) is 4.84. The van der Waals surface area contributed by atoms with Crippen LogP contribution >= 0.6 is 0 Å². The Morgan fingerprint density at radius 2 is 1.73 bits per heavy atom. The van der Waals surface area contributed by atoms with Gasteiger partial charge in [-0.15, -0.1) is 0 Å². The van der Waals surface area contributed by atoms with Gasteiger partial charge in [0.1, 0.15) is 5.82 Å². The number of nitrogens with zero attached hydrogens (tertiary/aromatic N) is 1. The molecule has 0 radical (unpaired) electrons. The summed E-state index contributed by atoms with van der Waals surface area (Å²) in [6.45, 7) is 3.66. The average molecular weight is 354 g/mol. The summed E-state index contributed by atoms with van der Waals surface area (Å²) in [5.74, 6) is -1.36. The minimum Gasteiger partial charge on any atom is -0.350 e. The average Bonchev–Trinajstić information content (AvgIpc) is 2.84. The maximum atomic E-state index is 13.0. The number of imide groups is 1. The molecule has 0 spiro atoms. The SMILES string of the molecule is Cc1ccc2c(c1)C(=O)N(CCC(=O)NC(C)c1ccc(F)cc1)C2=O. The third kappa shape index (κ3) is 3.49. The lowest BCUT2D eigenvalue weighted by molar-refractivity contribution is -0.121. The molecule has 1 aliphatic rings. The monoisotopic (exact) mass is 354 g/mol. The normalized spacial score (nSPS) is 14.3. The lowest BCUT2D eigenvalue weighted by Crippen LogP contribution is -2.35. The van der Waals surface area contributed by atoms with Crippen molar-refractivity contribution in [2.45, 2.75) is 26.3 Å². The molecule has 1 unspecified atom stereocenters. The van der Waals surface area contributed by atoms with E-state index in [0.717, 1.165) is 16.0 Å². The molecule has 0 fully saturated rings. The zero-order valence-electron chi connectivity index (χ0n) is 14.6. The van der Waals surface area contributed by atoms with Crippen LogP contribution < -0.4 is 5.32 Å². The van der Waals surface area contributed by atoms with E-state index in [2.05, 4.69) is 5.32 Å². The van der Waals surface area contributed by atoms with E-state index in [1.807, 2.05) is 6.92 Å². The molecule has 0 saturated carbocycles. The van der Waals surface area contributed by atoms with Crippen LogP contribution in [-0.4, -0.2) is 29.2 Å². The first-order valence-corrected chi connectivity index (χ1v) is 8.38. The number of amides is 3. The Bertz CT molecular complexity index is 877. The van der Waals surface area contributed by atoms with Gasteiger partial charge in [-0.05, 0) is 43.7 Å². The van der Waals surface area contributed by atoms with Crippen LogP contribution in [0.5, 0.6) is 0 Å². The van der Waals surface area contributed by atoms with Crippen molar-refractivity contribution >= 4 is 17.7 Å². The molecule has 3 amide bonds. The molecule has 1 heterocycles. The highest BCUT2D eigenvalue weighted by molar-refractivity contribution is 6.21. The van der Waals surface area contributed by atoms with E-state index >= 15 is 0 Å². The van der Waals surface area contributed by atoms with Gasteiger partial charge >= 0.3 is 0 Å². The van der Waals surface area contributed by atoms with Crippen LogP contribution in [-0.2, 0) is 4.79 Å². The summed E-state index contributed by atoms with van der Waals surface area (Å²) in [7, 11) is 0. The molecule has 2 aromatic carbocycles. The van der Waals surface area contributed by atoms with Crippen molar-refractivity contribution in [1.29, 1.82) is 0 Å². The maximum Gasteiger partial charge on any atom is 0.261 e. The molecule has 1 aliphatic heterocycles. The Morgan fingerprint density at radius 1 is 1.08 bits per heavy atom. The molecular weight excluding hydrogens is 335 g/mol. The van der Waals surface area contributed by atoms with Gasteiger partial charge in [0.15, 0.2) is 0 Å². The quantitative estimate of drug-likeness (QED) is 0.840. The molecule has 1 N–H and O–H groups in total. The number of rotatable bonds is 5. The third-order valence-corrected chi connectivity index (χ3v) is 4.44. The van der Waals surface area contributed by atoms with Crippen molar-refractivity contribution in [3.8, 4) is 0 Å². The van der Waals surface area contributed by atoms with E-state index in [-0.39, 0.29) is 42.5 Å². The lowest BCUT2D eigenvalue weighted by Gasteiger charge is -2.17.